The number of rotatable bonds is 6. The number of fused-ring (bicyclic) bond motifs is 4. The zero-order chi connectivity index (χ0) is 28.7. The molecule has 0 radical (unpaired) electrons. The van der Waals surface area contributed by atoms with Gasteiger partial charge >= 0.3 is 5.97 Å². The van der Waals surface area contributed by atoms with Crippen molar-refractivity contribution < 1.29 is 39.6 Å². The summed E-state index contributed by atoms with van der Waals surface area (Å²) in [5.74, 6) is -3.81. The molecule has 0 unspecified atom stereocenters. The van der Waals surface area contributed by atoms with Crippen LogP contribution in [0.15, 0.2) is 11.1 Å². The predicted molar refractivity (Wildman–Crippen MR) is 139 cm³/mol. The highest BCUT2D eigenvalue weighted by Gasteiger charge is 2.73. The summed E-state index contributed by atoms with van der Waals surface area (Å²) >= 11 is 0. The van der Waals surface area contributed by atoms with E-state index in [-0.39, 0.29) is 42.7 Å². The zero-order valence-electron chi connectivity index (χ0n) is 23.7. The molecule has 212 valence electrons. The van der Waals surface area contributed by atoms with E-state index in [2.05, 4.69) is 0 Å². The SMILES string of the molecule is C[C@H](CC(=O)C[C@H](C)[C@@H]1CC(=O)[C@]2(C)C3=C(C(=O)[C@H](O)[C@]12C)[C@]1(C)CC[C@H](O)C(C)(C)[C@H]1C[C@@H]3O)C(=O)O. The minimum absolute atomic E-state index is 0.0441. The van der Waals surface area contributed by atoms with Gasteiger partial charge in [0.1, 0.15) is 17.7 Å². The second-order valence-corrected chi connectivity index (χ2v) is 14.0. The Balaban J connectivity index is 1.79. The van der Waals surface area contributed by atoms with Gasteiger partial charge in [0.2, 0.25) is 0 Å². The van der Waals surface area contributed by atoms with Crippen LogP contribution in [0.2, 0.25) is 0 Å². The summed E-state index contributed by atoms with van der Waals surface area (Å²) in [6, 6.07) is 0. The molecule has 4 aliphatic rings. The third-order valence-electron chi connectivity index (χ3n) is 11.7. The molecule has 0 aromatic carbocycles. The predicted octanol–water partition coefficient (Wildman–Crippen LogP) is 3.10. The summed E-state index contributed by atoms with van der Waals surface area (Å²) in [5.41, 5.74) is -3.00. The molecule has 2 fully saturated rings. The van der Waals surface area contributed by atoms with E-state index in [0.717, 1.165) is 0 Å². The molecule has 0 aromatic rings. The van der Waals surface area contributed by atoms with Crippen LogP contribution in [0.3, 0.4) is 0 Å². The molecular weight excluding hydrogens is 488 g/mol. The number of carboxylic acid groups (broad SMARTS) is 1. The van der Waals surface area contributed by atoms with Gasteiger partial charge in [0.05, 0.1) is 23.5 Å². The van der Waals surface area contributed by atoms with Crippen LogP contribution in [-0.2, 0) is 19.2 Å². The van der Waals surface area contributed by atoms with Crippen LogP contribution < -0.4 is 0 Å². The van der Waals surface area contributed by atoms with Crippen molar-refractivity contribution in [3.63, 3.8) is 0 Å². The molecule has 0 spiro atoms. The highest BCUT2D eigenvalue weighted by atomic mass is 16.4. The van der Waals surface area contributed by atoms with Crippen molar-refractivity contribution in [1.82, 2.24) is 0 Å². The van der Waals surface area contributed by atoms with Crippen molar-refractivity contribution >= 4 is 23.3 Å². The number of carbonyl (C=O) groups is 4. The first-order valence-corrected chi connectivity index (χ1v) is 14.0. The van der Waals surface area contributed by atoms with Gasteiger partial charge < -0.3 is 20.4 Å². The second kappa shape index (κ2) is 9.07. The Kier molecular flexibility index (Phi) is 6.94. The summed E-state index contributed by atoms with van der Waals surface area (Å²) in [6.07, 6.45) is -1.84. The van der Waals surface area contributed by atoms with Gasteiger partial charge in [-0.3, -0.25) is 19.2 Å². The van der Waals surface area contributed by atoms with Crippen molar-refractivity contribution in [3.05, 3.63) is 11.1 Å². The Hall–Kier alpha value is -1.90. The number of ketones is 3. The van der Waals surface area contributed by atoms with Crippen LogP contribution in [-0.4, -0.2) is 62.1 Å². The van der Waals surface area contributed by atoms with Gasteiger partial charge in [-0.15, -0.1) is 0 Å². The van der Waals surface area contributed by atoms with E-state index >= 15 is 0 Å². The van der Waals surface area contributed by atoms with E-state index in [9.17, 15) is 39.6 Å². The molecule has 2 saturated carbocycles. The highest BCUT2D eigenvalue weighted by Crippen LogP contribution is 2.70. The van der Waals surface area contributed by atoms with Crippen LogP contribution in [0.5, 0.6) is 0 Å². The Morgan fingerprint density at radius 2 is 1.61 bits per heavy atom. The summed E-state index contributed by atoms with van der Waals surface area (Å²) in [7, 11) is 0. The molecule has 0 saturated heterocycles. The summed E-state index contributed by atoms with van der Waals surface area (Å²) < 4.78 is 0. The molecule has 4 N–H and O–H groups in total. The molecule has 10 atom stereocenters. The van der Waals surface area contributed by atoms with E-state index in [0.29, 0.717) is 30.4 Å². The molecule has 38 heavy (non-hydrogen) atoms. The second-order valence-electron chi connectivity index (χ2n) is 14.0. The lowest BCUT2D eigenvalue weighted by molar-refractivity contribution is -0.159. The molecule has 4 aliphatic carbocycles. The zero-order valence-corrected chi connectivity index (χ0v) is 23.7. The number of aliphatic hydroxyl groups excluding tert-OH is 3. The van der Waals surface area contributed by atoms with Crippen molar-refractivity contribution in [1.29, 1.82) is 0 Å². The molecule has 0 heterocycles. The average Bonchev–Trinajstić information content (AvgIpc) is 3.03. The Morgan fingerprint density at radius 3 is 2.18 bits per heavy atom. The van der Waals surface area contributed by atoms with E-state index in [1.54, 1.807) is 13.8 Å². The first-order chi connectivity index (χ1) is 17.4. The molecule has 8 nitrogen and oxygen atoms in total. The van der Waals surface area contributed by atoms with Gasteiger partial charge in [0.25, 0.3) is 0 Å². The summed E-state index contributed by atoms with van der Waals surface area (Å²) in [6.45, 7) is 12.7. The van der Waals surface area contributed by atoms with Gasteiger partial charge in [0, 0.05) is 30.3 Å². The standard InChI is InChI=1S/C30H44O8/c1-14(10-16(31)11-15(2)26(37)38)17-12-21(34)30(7)22-18(32)13-19-27(3,4)20(33)8-9-28(19,5)23(22)24(35)25(36)29(17,30)6/h14-15,17-20,25,32-33,36H,8-13H2,1-7H3,(H,37,38)/t14-,15+,17-,18-,19+,20-,25-,28+,29-,30+/m0/s1. The fraction of sp³-hybridized carbons (Fsp3) is 0.800. The normalized spacial score (nSPS) is 43.7. The van der Waals surface area contributed by atoms with E-state index in [1.165, 1.54) is 6.92 Å². The highest BCUT2D eigenvalue weighted by molar-refractivity contribution is 6.07. The van der Waals surface area contributed by atoms with Crippen molar-refractivity contribution in [2.75, 3.05) is 0 Å². The molecule has 8 heteroatoms. The molecule has 0 aliphatic heterocycles. The minimum atomic E-state index is -1.49. The van der Waals surface area contributed by atoms with Crippen LogP contribution in [0, 0.1) is 45.3 Å². The molecule has 0 amide bonds. The van der Waals surface area contributed by atoms with Gasteiger partial charge in [-0.25, -0.2) is 0 Å². The number of hydrogen-bond donors (Lipinski definition) is 4. The number of aliphatic carboxylic acids is 1. The maximum absolute atomic E-state index is 14.1. The maximum Gasteiger partial charge on any atom is 0.306 e. The lowest BCUT2D eigenvalue weighted by atomic mass is 9.42. The number of carbonyl (C=O) groups excluding carboxylic acids is 3. The molecule has 4 rings (SSSR count). The largest absolute Gasteiger partial charge is 0.481 e. The monoisotopic (exact) mass is 532 g/mol. The lowest BCUT2D eigenvalue weighted by Gasteiger charge is -2.62. The number of carboxylic acids is 1. The smallest absolute Gasteiger partial charge is 0.306 e. The first-order valence-electron chi connectivity index (χ1n) is 14.0. The molecule has 0 bridgehead atoms. The molecule has 0 aromatic heterocycles. The van der Waals surface area contributed by atoms with E-state index in [4.69, 9.17) is 0 Å². The summed E-state index contributed by atoms with van der Waals surface area (Å²) in [4.78, 5) is 52.0. The lowest BCUT2D eigenvalue weighted by Crippen LogP contribution is -2.64. The topological polar surface area (TPSA) is 149 Å². The van der Waals surface area contributed by atoms with Crippen LogP contribution >= 0.6 is 0 Å². The van der Waals surface area contributed by atoms with Gasteiger partial charge in [0.15, 0.2) is 5.78 Å². The van der Waals surface area contributed by atoms with E-state index in [1.807, 2.05) is 27.7 Å². The minimum Gasteiger partial charge on any atom is -0.481 e. The van der Waals surface area contributed by atoms with Crippen molar-refractivity contribution in [2.24, 2.45) is 45.3 Å². The maximum atomic E-state index is 14.1. The molecular formula is C30H44O8. The van der Waals surface area contributed by atoms with Crippen LogP contribution in [0.25, 0.3) is 0 Å². The third kappa shape index (κ3) is 3.66. The van der Waals surface area contributed by atoms with Gasteiger partial charge in [-0.1, -0.05) is 41.5 Å². The number of aliphatic hydroxyl groups is 3. The fourth-order valence-corrected chi connectivity index (χ4v) is 9.13. The average molecular weight is 533 g/mol. The number of Topliss-reactive ketones (excluding diaryl/α,β-unsaturated/α-hetero) is 3. The Labute approximate surface area is 224 Å². The Morgan fingerprint density at radius 1 is 1.00 bits per heavy atom. The van der Waals surface area contributed by atoms with Crippen LogP contribution in [0.4, 0.5) is 0 Å². The van der Waals surface area contributed by atoms with Crippen molar-refractivity contribution in [3.8, 4) is 0 Å². The third-order valence-corrected chi connectivity index (χ3v) is 11.7. The van der Waals surface area contributed by atoms with Gasteiger partial charge in [-0.2, -0.15) is 0 Å². The van der Waals surface area contributed by atoms with Gasteiger partial charge in [-0.05, 0) is 60.3 Å². The number of hydrogen-bond acceptors (Lipinski definition) is 7. The summed E-state index contributed by atoms with van der Waals surface area (Å²) in [5, 5.41) is 43.3. The Bertz CT molecular complexity index is 1110. The first kappa shape index (κ1) is 29.1. The fourth-order valence-electron chi connectivity index (χ4n) is 9.13. The van der Waals surface area contributed by atoms with E-state index < -0.39 is 63.6 Å². The quantitative estimate of drug-likeness (QED) is 0.408. The van der Waals surface area contributed by atoms with Crippen molar-refractivity contribution in [2.45, 2.75) is 105 Å². The van der Waals surface area contributed by atoms with Crippen LogP contribution in [0.1, 0.15) is 87.0 Å².